The highest BCUT2D eigenvalue weighted by atomic mass is 31.2. The first-order chi connectivity index (χ1) is 48.7. The topological polar surface area (TPSA) is 237 Å². The predicted octanol–water partition coefficient (Wildman–Crippen LogP) is 22.3. The van der Waals surface area contributed by atoms with E-state index in [1.165, 1.54) is 25.7 Å². The van der Waals surface area contributed by atoms with Gasteiger partial charge in [0.2, 0.25) is 0 Å². The zero-order valence-corrected chi connectivity index (χ0v) is 64.4. The number of phosphoric ester groups is 2. The largest absolute Gasteiger partial charge is 0.472 e. The molecule has 0 bridgehead atoms. The van der Waals surface area contributed by atoms with Crippen LogP contribution in [0.1, 0.15) is 310 Å². The third-order valence-electron chi connectivity index (χ3n) is 15.9. The van der Waals surface area contributed by atoms with Crippen molar-refractivity contribution in [3.8, 4) is 0 Å². The predicted molar refractivity (Wildman–Crippen MR) is 408 cm³/mol. The van der Waals surface area contributed by atoms with Crippen LogP contribution in [0, 0.1) is 0 Å². The van der Waals surface area contributed by atoms with E-state index < -0.39 is 97.5 Å². The molecule has 0 aromatic heterocycles. The molecule has 17 nitrogen and oxygen atoms in total. The van der Waals surface area contributed by atoms with Crippen molar-refractivity contribution >= 4 is 39.5 Å². The second-order valence-electron chi connectivity index (χ2n) is 25.5. The Labute approximate surface area is 606 Å². The first kappa shape index (κ1) is 95.5. The van der Waals surface area contributed by atoms with Crippen LogP contribution in [0.3, 0.4) is 0 Å². The lowest BCUT2D eigenvalue weighted by atomic mass is 10.1. The van der Waals surface area contributed by atoms with Crippen LogP contribution >= 0.6 is 15.6 Å². The van der Waals surface area contributed by atoms with Crippen molar-refractivity contribution in [3.63, 3.8) is 0 Å². The van der Waals surface area contributed by atoms with Gasteiger partial charge in [-0.1, -0.05) is 258 Å². The number of carbonyl (C=O) groups is 4. The summed E-state index contributed by atoms with van der Waals surface area (Å²) < 4.78 is 68.5. The van der Waals surface area contributed by atoms with E-state index in [0.717, 1.165) is 205 Å². The van der Waals surface area contributed by atoms with Crippen molar-refractivity contribution in [1.82, 2.24) is 0 Å². The molecule has 0 spiro atoms. The molecule has 0 saturated heterocycles. The van der Waals surface area contributed by atoms with Crippen molar-refractivity contribution in [2.45, 2.75) is 329 Å². The maximum Gasteiger partial charge on any atom is 0.472 e. The number of aliphatic hydroxyl groups is 1. The molecule has 574 valence electrons. The third-order valence-corrected chi connectivity index (χ3v) is 17.8. The molecule has 0 rings (SSSR count). The van der Waals surface area contributed by atoms with Crippen molar-refractivity contribution in [1.29, 1.82) is 0 Å². The number of carbonyl (C=O) groups excluding carboxylic acids is 4. The van der Waals surface area contributed by atoms with Gasteiger partial charge in [-0.15, -0.1) is 0 Å². The van der Waals surface area contributed by atoms with E-state index in [1.807, 2.05) is 0 Å². The van der Waals surface area contributed by atoms with E-state index in [0.29, 0.717) is 25.7 Å². The lowest BCUT2D eigenvalue weighted by Crippen LogP contribution is -2.30. The molecule has 0 aliphatic rings. The zero-order valence-electron chi connectivity index (χ0n) is 62.6. The fraction of sp³-hybridized carbons (Fsp3) is 0.704. The number of aliphatic hydroxyl groups excluding tert-OH is 1. The van der Waals surface area contributed by atoms with Crippen LogP contribution in [0.25, 0.3) is 0 Å². The van der Waals surface area contributed by atoms with Crippen molar-refractivity contribution in [2.24, 2.45) is 0 Å². The first-order valence-corrected chi connectivity index (χ1v) is 41.8. The SMILES string of the molecule is CC/C=C\C/C=C\C/C=C\C/C=C\CCCCCCC(=O)OCC(COP(=O)(O)OCC(O)COP(=O)(O)OCC(COC(=O)CCCCCCCCC/C=C\C/C=C\C/C=C\CC)OC(=O)CCCCCCC/C=C\CCCCCC)OC(=O)CCCCCCC/C=C\C/C=C\CCC. The van der Waals surface area contributed by atoms with E-state index in [-0.39, 0.29) is 25.7 Å². The quantitative estimate of drug-likeness (QED) is 0.0169. The first-order valence-electron chi connectivity index (χ1n) is 38.8. The van der Waals surface area contributed by atoms with Gasteiger partial charge in [-0.3, -0.25) is 37.3 Å². The highest BCUT2D eigenvalue weighted by Crippen LogP contribution is 2.45. The normalized spacial score (nSPS) is 14.6. The van der Waals surface area contributed by atoms with Crippen molar-refractivity contribution in [2.75, 3.05) is 39.6 Å². The van der Waals surface area contributed by atoms with E-state index in [9.17, 15) is 43.2 Å². The number of ether oxygens (including phenoxy) is 4. The number of hydrogen-bond donors (Lipinski definition) is 3. The van der Waals surface area contributed by atoms with Gasteiger partial charge in [0.05, 0.1) is 26.4 Å². The smallest absolute Gasteiger partial charge is 0.462 e. The Morgan fingerprint density at radius 3 is 0.850 bits per heavy atom. The van der Waals surface area contributed by atoms with Gasteiger partial charge in [0.25, 0.3) is 0 Å². The fourth-order valence-corrected chi connectivity index (χ4v) is 11.6. The molecular weight excluding hydrogens is 1310 g/mol. The Balaban J connectivity index is 5.37. The molecular formula is C81H138O17P2. The number of unbranched alkanes of at least 4 members (excludes halogenated alkanes) is 26. The molecule has 0 aliphatic carbocycles. The fourth-order valence-electron chi connectivity index (χ4n) is 10.0. The van der Waals surface area contributed by atoms with E-state index in [2.05, 4.69) is 149 Å². The second-order valence-corrected chi connectivity index (χ2v) is 28.4. The molecule has 5 unspecified atom stereocenters. The van der Waals surface area contributed by atoms with Gasteiger partial charge in [-0.25, -0.2) is 9.13 Å². The summed E-state index contributed by atoms with van der Waals surface area (Å²) in [6.45, 7) is 4.51. The lowest BCUT2D eigenvalue weighted by molar-refractivity contribution is -0.161. The minimum absolute atomic E-state index is 0.0708. The number of allylic oxidation sites excluding steroid dienone is 20. The number of esters is 4. The van der Waals surface area contributed by atoms with Crippen molar-refractivity contribution < 1.29 is 80.2 Å². The zero-order chi connectivity index (χ0) is 73.2. The summed E-state index contributed by atoms with van der Waals surface area (Å²) in [6.07, 6.45) is 79.0. The molecule has 0 saturated carbocycles. The van der Waals surface area contributed by atoms with Crippen LogP contribution in [0.15, 0.2) is 122 Å². The molecule has 0 heterocycles. The molecule has 0 radical (unpaired) electrons. The Morgan fingerprint density at radius 2 is 0.540 bits per heavy atom. The summed E-state index contributed by atoms with van der Waals surface area (Å²) in [5.41, 5.74) is 0. The second kappa shape index (κ2) is 72.8. The van der Waals surface area contributed by atoms with E-state index >= 15 is 0 Å². The third kappa shape index (κ3) is 71.8. The van der Waals surface area contributed by atoms with Gasteiger partial charge in [0.15, 0.2) is 12.2 Å². The molecule has 3 N–H and O–H groups in total. The summed E-state index contributed by atoms with van der Waals surface area (Å²) in [5.74, 6) is -2.23. The number of rotatable bonds is 72. The summed E-state index contributed by atoms with van der Waals surface area (Å²) in [6, 6.07) is 0. The summed E-state index contributed by atoms with van der Waals surface area (Å²) in [7, 11) is -9.97. The molecule has 0 aromatic carbocycles. The average Bonchev–Trinajstić information content (AvgIpc) is 0.943. The Kier molecular flexibility index (Phi) is 69.5. The average molecular weight is 1450 g/mol. The Bertz CT molecular complexity index is 2370. The van der Waals surface area contributed by atoms with Gasteiger partial charge < -0.3 is 33.8 Å². The van der Waals surface area contributed by atoms with E-state index in [1.54, 1.807) is 0 Å². The maximum atomic E-state index is 13.1. The maximum absolute atomic E-state index is 13.1. The minimum Gasteiger partial charge on any atom is -0.462 e. The van der Waals surface area contributed by atoms with Gasteiger partial charge in [-0.05, 0) is 148 Å². The molecule has 5 atom stereocenters. The molecule has 100 heavy (non-hydrogen) atoms. The van der Waals surface area contributed by atoms with Crippen LogP contribution in [-0.2, 0) is 65.4 Å². The van der Waals surface area contributed by atoms with Gasteiger partial charge >= 0.3 is 39.5 Å². The number of hydrogen-bond acceptors (Lipinski definition) is 15. The van der Waals surface area contributed by atoms with Crippen LogP contribution < -0.4 is 0 Å². The molecule has 19 heteroatoms. The summed E-state index contributed by atoms with van der Waals surface area (Å²) in [4.78, 5) is 72.9. The molecule has 0 fully saturated rings. The van der Waals surface area contributed by atoms with Crippen molar-refractivity contribution in [3.05, 3.63) is 122 Å². The molecule has 0 amide bonds. The highest BCUT2D eigenvalue weighted by molar-refractivity contribution is 7.47. The minimum atomic E-state index is -4.99. The van der Waals surface area contributed by atoms with Gasteiger partial charge in [0.1, 0.15) is 19.3 Å². The summed E-state index contributed by atoms with van der Waals surface area (Å²) >= 11 is 0. The molecule has 0 aliphatic heterocycles. The monoisotopic (exact) mass is 1440 g/mol. The molecule has 0 aromatic rings. The van der Waals surface area contributed by atoms with Crippen LogP contribution in [0.2, 0.25) is 0 Å². The highest BCUT2D eigenvalue weighted by Gasteiger charge is 2.30. The standard InChI is InChI=1S/C81H138O17P2/c1-5-9-13-17-21-25-29-33-35-37-39-43-45-49-53-57-61-65-78(83)91-71-76(97-80(85)67-63-59-55-51-47-41-31-27-23-19-15-11-7-3)73-95-99(87,88)93-69-75(82)70-94-100(89,90)96-74-77(98-81(86)68-64-60-56-52-48-42-32-28-24-20-16-12-8-4)72-92-79(84)66-62-58-54-50-46-44-40-38-36-34-30-26-22-18-14-10-6-2/h9-10,13-15,19,21-22,25-28,31-36,39,43,75-77,82H,5-8,11-12,16-18,20,23-24,29-30,37-38,40-42,44-74H2,1-4H3,(H,87,88)(H,89,90)/b13-9-,14-10-,19-15-,25-21-,26-22-,31-27-,32-28-,35-33-,36-34-,43-39-. The van der Waals surface area contributed by atoms with Crippen LogP contribution in [0.5, 0.6) is 0 Å². The van der Waals surface area contributed by atoms with Crippen LogP contribution in [0.4, 0.5) is 0 Å². The van der Waals surface area contributed by atoms with Gasteiger partial charge in [-0.2, -0.15) is 0 Å². The Morgan fingerprint density at radius 1 is 0.290 bits per heavy atom. The number of phosphoric acid groups is 2. The lowest BCUT2D eigenvalue weighted by Gasteiger charge is -2.21. The van der Waals surface area contributed by atoms with Gasteiger partial charge in [0, 0.05) is 25.7 Å². The van der Waals surface area contributed by atoms with Crippen LogP contribution in [-0.4, -0.2) is 96.7 Å². The van der Waals surface area contributed by atoms with E-state index in [4.69, 9.17) is 37.0 Å². The Hall–Kier alpha value is -4.54. The summed E-state index contributed by atoms with van der Waals surface area (Å²) in [5, 5.41) is 10.6.